The molecule has 2 rings (SSSR count). The van der Waals surface area contributed by atoms with E-state index in [0.717, 1.165) is 17.0 Å². The maximum Gasteiger partial charge on any atom is 0.258 e. The standard InChI is InChI=1S/C28H51NO2Si2/c1-17(2)25-21(9)27(31-32(13,14)28(10,11)12)23-15-22(16-24(29)26(23)25)30-33(18(3)4,19(5)6)20(7)8/h15-16,18-21,25,27H,1,29H2,2-14H3/t21-,25-,27+/m1/s1. The summed E-state index contributed by atoms with van der Waals surface area (Å²) >= 11 is 0. The van der Waals surface area contributed by atoms with E-state index in [1.807, 2.05) is 0 Å². The van der Waals surface area contributed by atoms with Crippen LogP contribution >= 0.6 is 0 Å². The minimum atomic E-state index is -2.08. The molecular formula is C28H51NO2Si2. The smallest absolute Gasteiger partial charge is 0.258 e. The summed E-state index contributed by atoms with van der Waals surface area (Å²) in [4.78, 5) is 0. The molecule has 0 aromatic heterocycles. The molecule has 0 unspecified atom stereocenters. The number of hydrogen-bond donors (Lipinski definition) is 1. The Bertz CT molecular complexity index is 846. The van der Waals surface area contributed by atoms with E-state index in [-0.39, 0.29) is 17.1 Å². The van der Waals surface area contributed by atoms with Crippen LogP contribution in [0, 0.1) is 5.92 Å². The average Bonchev–Trinajstić information content (AvgIpc) is 2.90. The van der Waals surface area contributed by atoms with Crippen molar-refractivity contribution >= 4 is 22.3 Å². The Labute approximate surface area is 206 Å². The Balaban J connectivity index is 2.66. The van der Waals surface area contributed by atoms with E-state index in [1.165, 1.54) is 11.1 Å². The number of anilines is 1. The molecule has 1 aromatic carbocycles. The van der Waals surface area contributed by atoms with Gasteiger partial charge in [-0.15, -0.1) is 0 Å². The van der Waals surface area contributed by atoms with Gasteiger partial charge in [0.1, 0.15) is 5.75 Å². The topological polar surface area (TPSA) is 44.5 Å². The molecule has 0 amide bonds. The summed E-state index contributed by atoms with van der Waals surface area (Å²) in [5.41, 5.74) is 12.7. The van der Waals surface area contributed by atoms with Crippen molar-refractivity contribution in [2.24, 2.45) is 5.92 Å². The van der Waals surface area contributed by atoms with E-state index in [1.54, 1.807) is 0 Å². The van der Waals surface area contributed by atoms with E-state index in [9.17, 15) is 0 Å². The molecule has 1 aliphatic rings. The van der Waals surface area contributed by atoms with E-state index < -0.39 is 16.6 Å². The van der Waals surface area contributed by atoms with Crippen LogP contribution in [0.1, 0.15) is 99.3 Å². The Morgan fingerprint density at radius 3 is 1.88 bits per heavy atom. The molecule has 188 valence electrons. The molecule has 5 heteroatoms. The summed E-state index contributed by atoms with van der Waals surface area (Å²) in [6.07, 6.45) is 0.0154. The zero-order valence-electron chi connectivity index (χ0n) is 23.7. The lowest BCUT2D eigenvalue weighted by Gasteiger charge is -2.42. The highest BCUT2D eigenvalue weighted by molar-refractivity contribution is 6.78. The van der Waals surface area contributed by atoms with Crippen molar-refractivity contribution < 1.29 is 8.85 Å². The third kappa shape index (κ3) is 5.01. The molecule has 0 saturated heterocycles. The van der Waals surface area contributed by atoms with Crippen molar-refractivity contribution in [3.63, 3.8) is 0 Å². The molecule has 0 aliphatic heterocycles. The van der Waals surface area contributed by atoms with Crippen molar-refractivity contribution in [1.82, 2.24) is 0 Å². The molecule has 3 atom stereocenters. The fraction of sp³-hybridized carbons (Fsp3) is 0.714. The van der Waals surface area contributed by atoms with E-state index in [4.69, 9.17) is 14.6 Å². The van der Waals surface area contributed by atoms with Crippen LogP contribution in [0.4, 0.5) is 5.69 Å². The lowest BCUT2D eigenvalue weighted by Crippen LogP contribution is -2.50. The highest BCUT2D eigenvalue weighted by Gasteiger charge is 2.49. The first-order chi connectivity index (χ1) is 14.9. The van der Waals surface area contributed by atoms with E-state index in [2.05, 4.69) is 108 Å². The number of hydrogen-bond acceptors (Lipinski definition) is 3. The molecule has 0 spiro atoms. The summed E-state index contributed by atoms with van der Waals surface area (Å²) in [5.74, 6) is 1.44. The third-order valence-corrected chi connectivity index (χ3v) is 19.1. The first-order valence-electron chi connectivity index (χ1n) is 12.8. The lowest BCUT2D eigenvalue weighted by atomic mass is 9.87. The molecule has 33 heavy (non-hydrogen) atoms. The van der Waals surface area contributed by atoms with Gasteiger partial charge in [0, 0.05) is 17.7 Å². The van der Waals surface area contributed by atoms with Gasteiger partial charge in [-0.25, -0.2) is 0 Å². The zero-order chi connectivity index (χ0) is 25.7. The Morgan fingerprint density at radius 1 is 1.00 bits per heavy atom. The average molecular weight is 490 g/mol. The molecule has 2 N–H and O–H groups in total. The van der Waals surface area contributed by atoms with Crippen LogP contribution in [-0.4, -0.2) is 16.6 Å². The maximum absolute atomic E-state index is 7.06. The molecule has 0 saturated carbocycles. The number of fused-ring (bicyclic) bond motifs is 1. The Morgan fingerprint density at radius 2 is 1.48 bits per heavy atom. The predicted molar refractivity (Wildman–Crippen MR) is 150 cm³/mol. The van der Waals surface area contributed by atoms with Crippen molar-refractivity contribution in [3.8, 4) is 5.75 Å². The number of nitrogen functional groups attached to an aromatic ring is 1. The number of benzene rings is 1. The number of allylic oxidation sites excluding steroid dienone is 1. The largest absolute Gasteiger partial charge is 0.543 e. The summed E-state index contributed by atoms with van der Waals surface area (Å²) in [6.45, 7) is 34.3. The molecule has 0 fully saturated rings. The zero-order valence-corrected chi connectivity index (χ0v) is 25.7. The van der Waals surface area contributed by atoms with Crippen LogP contribution in [0.3, 0.4) is 0 Å². The molecule has 0 radical (unpaired) electrons. The summed E-state index contributed by atoms with van der Waals surface area (Å²) < 4.78 is 14.1. The molecule has 0 heterocycles. The highest BCUT2D eigenvalue weighted by atomic mass is 28.4. The van der Waals surface area contributed by atoms with Gasteiger partial charge >= 0.3 is 0 Å². The predicted octanol–water partition coefficient (Wildman–Crippen LogP) is 9.20. The van der Waals surface area contributed by atoms with Crippen LogP contribution in [0.15, 0.2) is 24.3 Å². The highest BCUT2D eigenvalue weighted by Crippen LogP contribution is 2.56. The third-order valence-electron chi connectivity index (χ3n) is 8.60. The van der Waals surface area contributed by atoms with Crippen molar-refractivity contribution in [2.45, 2.75) is 123 Å². The lowest BCUT2D eigenvalue weighted by molar-refractivity contribution is 0.133. The summed E-state index contributed by atoms with van der Waals surface area (Å²) in [5, 5.41) is 0.142. The molecular weight excluding hydrogens is 438 g/mol. The molecule has 1 aliphatic carbocycles. The van der Waals surface area contributed by atoms with Gasteiger partial charge in [0.15, 0.2) is 8.32 Å². The second kappa shape index (κ2) is 9.54. The molecule has 3 nitrogen and oxygen atoms in total. The SMILES string of the molecule is C=C(C)[C@H]1c2c(N)cc(O[Si](C(C)C)(C(C)C)C(C)C)cc2[C@@H](O[Si](C)(C)C(C)(C)C)[C@@H]1C. The van der Waals surface area contributed by atoms with Gasteiger partial charge in [-0.3, -0.25) is 0 Å². The Kier molecular flexibility index (Phi) is 8.15. The van der Waals surface area contributed by atoms with Crippen LogP contribution in [-0.2, 0) is 4.43 Å². The van der Waals surface area contributed by atoms with Crippen LogP contribution in [0.2, 0.25) is 34.8 Å². The maximum atomic E-state index is 7.06. The van der Waals surface area contributed by atoms with Crippen LogP contribution in [0.25, 0.3) is 0 Å². The first-order valence-corrected chi connectivity index (χ1v) is 17.9. The van der Waals surface area contributed by atoms with Gasteiger partial charge in [0.05, 0.1) is 6.10 Å². The van der Waals surface area contributed by atoms with E-state index >= 15 is 0 Å². The van der Waals surface area contributed by atoms with Gasteiger partial charge < -0.3 is 14.6 Å². The molecule has 1 aromatic rings. The summed E-state index contributed by atoms with van der Waals surface area (Å²) in [7, 11) is -4.07. The first kappa shape index (κ1) is 28.2. The van der Waals surface area contributed by atoms with E-state index in [0.29, 0.717) is 22.5 Å². The van der Waals surface area contributed by atoms with Crippen molar-refractivity contribution in [2.75, 3.05) is 5.73 Å². The van der Waals surface area contributed by atoms with Crippen molar-refractivity contribution in [3.05, 3.63) is 35.4 Å². The minimum absolute atomic E-state index is 0.0154. The van der Waals surface area contributed by atoms with Gasteiger partial charge in [-0.1, -0.05) is 81.4 Å². The van der Waals surface area contributed by atoms with Crippen LogP contribution in [0.5, 0.6) is 5.75 Å². The fourth-order valence-corrected chi connectivity index (χ4v) is 12.5. The quantitative estimate of drug-likeness (QED) is 0.225. The van der Waals surface area contributed by atoms with Gasteiger partial charge in [-0.05, 0) is 64.8 Å². The van der Waals surface area contributed by atoms with Gasteiger partial charge in [0.2, 0.25) is 0 Å². The van der Waals surface area contributed by atoms with Crippen LogP contribution < -0.4 is 10.2 Å². The van der Waals surface area contributed by atoms with Crippen molar-refractivity contribution in [1.29, 1.82) is 0 Å². The fourth-order valence-electron chi connectivity index (χ4n) is 5.96. The monoisotopic (exact) mass is 489 g/mol. The summed E-state index contributed by atoms with van der Waals surface area (Å²) in [6, 6.07) is 4.34. The Hall–Kier alpha value is -1.05. The number of nitrogens with two attached hydrogens (primary N) is 1. The van der Waals surface area contributed by atoms with Gasteiger partial charge in [-0.2, -0.15) is 0 Å². The van der Waals surface area contributed by atoms with Gasteiger partial charge in [0.25, 0.3) is 8.32 Å². The second-order valence-corrected chi connectivity index (χ2v) is 23.0. The normalized spacial score (nSPS) is 21.8. The minimum Gasteiger partial charge on any atom is -0.543 e. The molecule has 0 bridgehead atoms. The number of rotatable bonds is 8. The second-order valence-electron chi connectivity index (χ2n) is 12.9.